The van der Waals surface area contributed by atoms with Crippen molar-refractivity contribution in [1.82, 2.24) is 5.32 Å². The molecule has 0 radical (unpaired) electrons. The Balaban J connectivity index is 1.57. The first-order chi connectivity index (χ1) is 9.11. The molecule has 2 fully saturated rings. The Morgan fingerprint density at radius 2 is 2.16 bits per heavy atom. The lowest BCUT2D eigenvalue weighted by molar-refractivity contribution is 0.392. The Kier molecular flexibility index (Phi) is 3.81. The summed E-state index contributed by atoms with van der Waals surface area (Å²) < 4.78 is 1.13. The van der Waals surface area contributed by atoms with Gasteiger partial charge < -0.3 is 10.6 Å². The first-order valence-electron chi connectivity index (χ1n) is 6.95. The predicted molar refractivity (Wildman–Crippen MR) is 87.5 cm³/mol. The molecule has 1 aromatic carbocycles. The highest BCUT2D eigenvalue weighted by molar-refractivity contribution is 9.10. The van der Waals surface area contributed by atoms with Crippen LogP contribution in [0.3, 0.4) is 0 Å². The molecule has 4 heteroatoms. The molecule has 2 aliphatic rings. The summed E-state index contributed by atoms with van der Waals surface area (Å²) in [6.45, 7) is 2.08. The van der Waals surface area contributed by atoms with Gasteiger partial charge in [0.25, 0.3) is 0 Å². The average molecular weight is 339 g/mol. The molecule has 2 aliphatic carbocycles. The molecule has 0 heterocycles. The first-order valence-corrected chi connectivity index (χ1v) is 8.15. The van der Waals surface area contributed by atoms with Crippen molar-refractivity contribution < 1.29 is 0 Å². The second kappa shape index (κ2) is 5.41. The zero-order valence-corrected chi connectivity index (χ0v) is 13.5. The van der Waals surface area contributed by atoms with Gasteiger partial charge in [-0.1, -0.05) is 22.4 Å². The summed E-state index contributed by atoms with van der Waals surface area (Å²) in [6, 6.07) is 6.80. The highest BCUT2D eigenvalue weighted by atomic mass is 79.9. The van der Waals surface area contributed by atoms with Crippen LogP contribution in [-0.4, -0.2) is 11.2 Å². The van der Waals surface area contributed by atoms with E-state index in [1.807, 2.05) is 6.07 Å². The van der Waals surface area contributed by atoms with Gasteiger partial charge in [0.05, 0.1) is 0 Å². The third-order valence-corrected chi connectivity index (χ3v) is 5.58. The summed E-state index contributed by atoms with van der Waals surface area (Å²) >= 11 is 8.94. The maximum Gasteiger partial charge on any atom is 0.171 e. The second-order valence-electron chi connectivity index (χ2n) is 5.84. The third-order valence-electron chi connectivity index (χ3n) is 4.47. The van der Waals surface area contributed by atoms with Crippen molar-refractivity contribution in [3.05, 3.63) is 28.2 Å². The first kappa shape index (κ1) is 13.4. The van der Waals surface area contributed by atoms with Gasteiger partial charge in [0.1, 0.15) is 0 Å². The van der Waals surface area contributed by atoms with Gasteiger partial charge in [0.2, 0.25) is 0 Å². The zero-order chi connectivity index (χ0) is 13.4. The van der Waals surface area contributed by atoms with E-state index >= 15 is 0 Å². The van der Waals surface area contributed by atoms with Gasteiger partial charge in [-0.3, -0.25) is 0 Å². The zero-order valence-electron chi connectivity index (χ0n) is 11.1. The summed E-state index contributed by atoms with van der Waals surface area (Å²) in [7, 11) is 0. The van der Waals surface area contributed by atoms with Crippen LogP contribution < -0.4 is 10.6 Å². The van der Waals surface area contributed by atoms with E-state index in [-0.39, 0.29) is 0 Å². The van der Waals surface area contributed by atoms with Crippen molar-refractivity contribution in [2.24, 2.45) is 11.8 Å². The number of anilines is 1. The molecular formula is C15H19BrN2S. The molecule has 0 spiro atoms. The highest BCUT2D eigenvalue weighted by Crippen LogP contribution is 2.44. The molecule has 1 aromatic rings. The van der Waals surface area contributed by atoms with E-state index in [9.17, 15) is 0 Å². The number of nitrogens with one attached hydrogen (secondary N) is 2. The van der Waals surface area contributed by atoms with Gasteiger partial charge in [-0.25, -0.2) is 0 Å². The van der Waals surface area contributed by atoms with E-state index in [0.717, 1.165) is 27.1 Å². The molecule has 2 nitrogen and oxygen atoms in total. The molecule has 2 saturated carbocycles. The van der Waals surface area contributed by atoms with Crippen molar-refractivity contribution in [2.75, 3.05) is 5.32 Å². The van der Waals surface area contributed by atoms with Crippen molar-refractivity contribution in [2.45, 2.75) is 38.6 Å². The molecule has 3 rings (SSSR count). The van der Waals surface area contributed by atoms with Crippen molar-refractivity contribution >= 4 is 38.9 Å². The summed E-state index contributed by atoms with van der Waals surface area (Å²) in [4.78, 5) is 0. The minimum Gasteiger partial charge on any atom is -0.359 e. The van der Waals surface area contributed by atoms with Gasteiger partial charge in [0, 0.05) is 16.2 Å². The van der Waals surface area contributed by atoms with Crippen LogP contribution >= 0.6 is 28.1 Å². The second-order valence-corrected chi connectivity index (χ2v) is 7.11. The molecule has 0 amide bonds. The number of benzene rings is 1. The van der Waals surface area contributed by atoms with Gasteiger partial charge in [0.15, 0.2) is 5.11 Å². The van der Waals surface area contributed by atoms with Gasteiger partial charge in [-0.2, -0.15) is 0 Å². The van der Waals surface area contributed by atoms with Crippen molar-refractivity contribution in [1.29, 1.82) is 0 Å². The van der Waals surface area contributed by atoms with Crippen LogP contribution in [0, 0.1) is 18.8 Å². The minimum absolute atomic E-state index is 0.593. The molecule has 3 atom stereocenters. The van der Waals surface area contributed by atoms with Crippen LogP contribution in [0.25, 0.3) is 0 Å². The highest BCUT2D eigenvalue weighted by Gasteiger charge is 2.39. The van der Waals surface area contributed by atoms with E-state index in [2.05, 4.69) is 45.6 Å². The largest absolute Gasteiger partial charge is 0.359 e. The van der Waals surface area contributed by atoms with Gasteiger partial charge in [-0.05, 0) is 74.0 Å². The molecular weight excluding hydrogens is 320 g/mol. The van der Waals surface area contributed by atoms with E-state index in [1.165, 1.54) is 31.2 Å². The lowest BCUT2D eigenvalue weighted by Gasteiger charge is -2.24. The fourth-order valence-electron chi connectivity index (χ4n) is 3.48. The van der Waals surface area contributed by atoms with Crippen LogP contribution in [0.15, 0.2) is 22.7 Å². The summed E-state index contributed by atoms with van der Waals surface area (Å²) in [5.74, 6) is 1.79. The molecule has 102 valence electrons. The van der Waals surface area contributed by atoms with Crippen LogP contribution in [0.1, 0.15) is 31.2 Å². The smallest absolute Gasteiger partial charge is 0.171 e. The van der Waals surface area contributed by atoms with E-state index in [4.69, 9.17) is 12.2 Å². The quantitative estimate of drug-likeness (QED) is 0.789. The van der Waals surface area contributed by atoms with Crippen molar-refractivity contribution in [3.8, 4) is 0 Å². The fourth-order valence-corrected chi connectivity index (χ4v) is 4.00. The van der Waals surface area contributed by atoms with Crippen LogP contribution in [0.5, 0.6) is 0 Å². The molecule has 0 aromatic heterocycles. The Labute approximate surface area is 128 Å². The predicted octanol–water partition coefficient (Wildman–Crippen LogP) is 4.23. The summed E-state index contributed by atoms with van der Waals surface area (Å²) in [5.41, 5.74) is 2.27. The maximum atomic E-state index is 5.43. The molecule has 2 N–H and O–H groups in total. The molecule has 19 heavy (non-hydrogen) atoms. The normalized spacial score (nSPS) is 28.4. The average Bonchev–Trinajstić information content (AvgIpc) is 2.96. The van der Waals surface area contributed by atoms with Gasteiger partial charge >= 0.3 is 0 Å². The lowest BCUT2D eigenvalue weighted by atomic mass is 9.96. The van der Waals surface area contributed by atoms with E-state index in [0.29, 0.717) is 6.04 Å². The lowest BCUT2D eigenvalue weighted by Crippen LogP contribution is -2.40. The topological polar surface area (TPSA) is 24.1 Å². The molecule has 0 aliphatic heterocycles. The summed E-state index contributed by atoms with van der Waals surface area (Å²) in [5, 5.41) is 7.56. The molecule has 0 unspecified atom stereocenters. The number of aryl methyl sites for hydroxylation is 1. The third kappa shape index (κ3) is 2.95. The van der Waals surface area contributed by atoms with Crippen LogP contribution in [0.2, 0.25) is 0 Å². The Hall–Kier alpha value is -0.610. The van der Waals surface area contributed by atoms with Crippen molar-refractivity contribution in [3.63, 3.8) is 0 Å². The standard InChI is InChI=1S/C15H19BrN2S/c1-9-6-12(4-5-13(9)16)17-15(19)18-14-8-10-2-3-11(14)7-10/h4-6,10-11,14H,2-3,7-8H2,1H3,(H2,17,18,19)/t10-,11-,14+/m1/s1. The fraction of sp³-hybridized carbons (Fsp3) is 0.533. The number of fused-ring (bicyclic) bond motifs is 2. The Morgan fingerprint density at radius 1 is 1.32 bits per heavy atom. The Bertz CT molecular complexity index is 503. The summed E-state index contributed by atoms with van der Waals surface area (Å²) in [6.07, 6.45) is 5.50. The van der Waals surface area contributed by atoms with Crippen LogP contribution in [0.4, 0.5) is 5.69 Å². The monoisotopic (exact) mass is 338 g/mol. The Morgan fingerprint density at radius 3 is 2.79 bits per heavy atom. The molecule has 2 bridgehead atoms. The van der Waals surface area contributed by atoms with E-state index in [1.54, 1.807) is 0 Å². The number of hydrogen-bond donors (Lipinski definition) is 2. The number of halogens is 1. The number of thiocarbonyl (C=S) groups is 1. The number of hydrogen-bond acceptors (Lipinski definition) is 1. The SMILES string of the molecule is Cc1cc(NC(=S)N[C@H]2C[C@@H]3CC[C@@H]2C3)ccc1Br. The van der Waals surface area contributed by atoms with Gasteiger partial charge in [-0.15, -0.1) is 0 Å². The minimum atomic E-state index is 0.593. The number of rotatable bonds is 2. The molecule has 0 saturated heterocycles. The van der Waals surface area contributed by atoms with Crippen LogP contribution in [-0.2, 0) is 0 Å². The maximum absolute atomic E-state index is 5.43. The van der Waals surface area contributed by atoms with E-state index < -0.39 is 0 Å².